The van der Waals surface area contributed by atoms with Crippen LogP contribution in [0.3, 0.4) is 0 Å². The Balaban J connectivity index is 3.26. The molecule has 0 aliphatic carbocycles. The van der Waals surface area contributed by atoms with Crippen molar-refractivity contribution in [3.63, 3.8) is 0 Å². The molecule has 0 spiro atoms. The summed E-state index contributed by atoms with van der Waals surface area (Å²) in [6.45, 7) is 4.73. The topological polar surface area (TPSA) is 15.3 Å². The van der Waals surface area contributed by atoms with Crippen LogP contribution in [0, 0.1) is 0 Å². The summed E-state index contributed by atoms with van der Waals surface area (Å²) >= 11 is 1.94. The van der Waals surface area contributed by atoms with Crippen LogP contribution >= 0.6 is 11.8 Å². The molecule has 0 rings (SSSR count). The maximum atomic E-state index is 3.19. The Hall–Kier alpha value is 0.270. The van der Waals surface area contributed by atoms with Gasteiger partial charge in [0, 0.05) is 11.8 Å². The number of nitrogens with zero attached hydrogens (tertiary/aromatic N) is 1. The van der Waals surface area contributed by atoms with Crippen LogP contribution in [0.4, 0.5) is 0 Å². The Labute approximate surface area is 100 Å². The molecule has 15 heavy (non-hydrogen) atoms. The fourth-order valence-electron chi connectivity index (χ4n) is 1.61. The predicted molar refractivity (Wildman–Crippen MR) is 72.9 cm³/mol. The Morgan fingerprint density at radius 2 is 1.87 bits per heavy atom. The third-order valence-electron chi connectivity index (χ3n) is 2.85. The van der Waals surface area contributed by atoms with Crippen molar-refractivity contribution in [2.45, 2.75) is 38.6 Å². The van der Waals surface area contributed by atoms with Crippen molar-refractivity contribution in [2.24, 2.45) is 0 Å². The Morgan fingerprint density at radius 1 is 1.20 bits per heavy atom. The van der Waals surface area contributed by atoms with Gasteiger partial charge >= 0.3 is 0 Å². The van der Waals surface area contributed by atoms with Gasteiger partial charge in [-0.15, -0.1) is 0 Å². The van der Waals surface area contributed by atoms with Crippen molar-refractivity contribution < 1.29 is 0 Å². The van der Waals surface area contributed by atoms with Crippen LogP contribution in [-0.4, -0.2) is 50.1 Å². The van der Waals surface area contributed by atoms with E-state index in [-0.39, 0.29) is 0 Å². The van der Waals surface area contributed by atoms with Gasteiger partial charge in [0.2, 0.25) is 0 Å². The van der Waals surface area contributed by atoms with E-state index >= 15 is 0 Å². The zero-order valence-electron chi connectivity index (χ0n) is 10.9. The lowest BCUT2D eigenvalue weighted by Gasteiger charge is -2.23. The van der Waals surface area contributed by atoms with E-state index < -0.39 is 0 Å². The highest BCUT2D eigenvalue weighted by Gasteiger charge is 2.06. The summed E-state index contributed by atoms with van der Waals surface area (Å²) in [4.78, 5) is 2.48. The summed E-state index contributed by atoms with van der Waals surface area (Å²) in [5.41, 5.74) is 0. The second kappa shape index (κ2) is 10.8. The van der Waals surface area contributed by atoms with Crippen molar-refractivity contribution in [2.75, 3.05) is 39.2 Å². The van der Waals surface area contributed by atoms with Crippen LogP contribution in [0.25, 0.3) is 0 Å². The van der Waals surface area contributed by atoms with Crippen molar-refractivity contribution in [1.82, 2.24) is 10.2 Å². The van der Waals surface area contributed by atoms with Crippen LogP contribution in [0.5, 0.6) is 0 Å². The highest BCUT2D eigenvalue weighted by molar-refractivity contribution is 7.98. The van der Waals surface area contributed by atoms with E-state index in [1.807, 2.05) is 18.8 Å². The van der Waals surface area contributed by atoms with Gasteiger partial charge < -0.3 is 10.2 Å². The number of unbranched alkanes of at least 4 members (excludes halogenated alkanes) is 3. The first kappa shape index (κ1) is 15.3. The van der Waals surface area contributed by atoms with Crippen LogP contribution in [0.1, 0.15) is 32.6 Å². The van der Waals surface area contributed by atoms with Gasteiger partial charge in [0.25, 0.3) is 0 Å². The number of nitrogens with one attached hydrogen (secondary N) is 1. The van der Waals surface area contributed by atoms with Crippen molar-refractivity contribution in [3.8, 4) is 0 Å². The molecule has 0 aromatic carbocycles. The maximum absolute atomic E-state index is 3.19. The van der Waals surface area contributed by atoms with Crippen LogP contribution in [0.2, 0.25) is 0 Å². The standard InChI is InChI=1S/C12H28N2S/c1-12(11-15-4)14(3)10-8-6-5-7-9-13-2/h12-13H,5-11H2,1-4H3. The number of hydrogen-bond acceptors (Lipinski definition) is 3. The molecule has 0 saturated heterocycles. The zero-order valence-corrected chi connectivity index (χ0v) is 11.7. The van der Waals surface area contributed by atoms with Crippen LogP contribution in [0.15, 0.2) is 0 Å². The maximum Gasteiger partial charge on any atom is 0.0154 e. The minimum Gasteiger partial charge on any atom is -0.320 e. The van der Waals surface area contributed by atoms with E-state index in [2.05, 4.69) is 30.4 Å². The summed E-state index contributed by atoms with van der Waals surface area (Å²) in [5, 5.41) is 3.19. The molecule has 0 radical (unpaired) electrons. The van der Waals surface area contributed by atoms with Gasteiger partial charge in [-0.05, 0) is 53.2 Å². The second-order valence-corrected chi connectivity index (χ2v) is 5.21. The fourth-order valence-corrected chi connectivity index (χ4v) is 2.34. The molecule has 1 atom stereocenters. The van der Waals surface area contributed by atoms with Gasteiger partial charge in [-0.1, -0.05) is 12.8 Å². The molecule has 0 saturated carbocycles. The summed E-state index contributed by atoms with van der Waals surface area (Å²) in [5.74, 6) is 1.25. The molecule has 0 bridgehead atoms. The minimum atomic E-state index is 0.720. The van der Waals surface area contributed by atoms with Gasteiger partial charge in [-0.2, -0.15) is 11.8 Å². The molecule has 0 heterocycles. The van der Waals surface area contributed by atoms with E-state index in [0.29, 0.717) is 0 Å². The first-order chi connectivity index (χ1) is 7.22. The predicted octanol–water partition coefficient (Wildman–Crippen LogP) is 2.45. The molecule has 0 amide bonds. The molecule has 92 valence electrons. The Kier molecular flexibility index (Phi) is 11.0. The average molecular weight is 232 g/mol. The van der Waals surface area contributed by atoms with Crippen molar-refractivity contribution >= 4 is 11.8 Å². The minimum absolute atomic E-state index is 0.720. The van der Waals surface area contributed by atoms with E-state index in [9.17, 15) is 0 Å². The lowest BCUT2D eigenvalue weighted by Crippen LogP contribution is -2.31. The third kappa shape index (κ3) is 9.21. The Morgan fingerprint density at radius 3 is 2.47 bits per heavy atom. The first-order valence-corrected chi connectivity index (χ1v) is 7.45. The van der Waals surface area contributed by atoms with Gasteiger partial charge in [0.05, 0.1) is 0 Å². The Bertz CT molecular complexity index is 131. The monoisotopic (exact) mass is 232 g/mol. The summed E-state index contributed by atoms with van der Waals surface area (Å²) < 4.78 is 0. The number of hydrogen-bond donors (Lipinski definition) is 1. The molecule has 0 aliphatic heterocycles. The average Bonchev–Trinajstić information content (AvgIpc) is 2.23. The molecule has 1 unspecified atom stereocenters. The molecular formula is C12H28N2S. The lowest BCUT2D eigenvalue weighted by atomic mass is 10.2. The summed E-state index contributed by atoms with van der Waals surface area (Å²) in [7, 11) is 4.27. The van der Waals surface area contributed by atoms with E-state index in [0.717, 1.165) is 6.04 Å². The first-order valence-electron chi connectivity index (χ1n) is 6.06. The fraction of sp³-hybridized carbons (Fsp3) is 1.00. The summed E-state index contributed by atoms with van der Waals surface area (Å²) in [6, 6.07) is 0.720. The molecule has 0 fully saturated rings. The molecule has 0 aliphatic rings. The van der Waals surface area contributed by atoms with Crippen molar-refractivity contribution in [1.29, 1.82) is 0 Å². The second-order valence-electron chi connectivity index (χ2n) is 4.30. The summed E-state index contributed by atoms with van der Waals surface area (Å²) in [6.07, 6.45) is 7.59. The normalized spacial score (nSPS) is 13.4. The lowest BCUT2D eigenvalue weighted by molar-refractivity contribution is 0.271. The molecule has 0 aromatic heterocycles. The largest absolute Gasteiger partial charge is 0.320 e. The number of thioether (sulfide) groups is 1. The molecule has 2 nitrogen and oxygen atoms in total. The quantitative estimate of drug-likeness (QED) is 0.583. The molecule has 1 N–H and O–H groups in total. The van der Waals surface area contributed by atoms with Crippen LogP contribution in [-0.2, 0) is 0 Å². The highest BCUT2D eigenvalue weighted by atomic mass is 32.2. The SMILES string of the molecule is CNCCCCCCN(C)C(C)CSC. The van der Waals surface area contributed by atoms with Gasteiger partial charge in [-0.25, -0.2) is 0 Å². The molecular weight excluding hydrogens is 204 g/mol. The van der Waals surface area contributed by atoms with Gasteiger partial charge in [0.1, 0.15) is 0 Å². The smallest absolute Gasteiger partial charge is 0.0154 e. The van der Waals surface area contributed by atoms with Gasteiger partial charge in [0.15, 0.2) is 0 Å². The highest BCUT2D eigenvalue weighted by Crippen LogP contribution is 2.06. The third-order valence-corrected chi connectivity index (χ3v) is 3.66. The van der Waals surface area contributed by atoms with E-state index in [1.54, 1.807) is 0 Å². The molecule has 3 heteroatoms. The van der Waals surface area contributed by atoms with Crippen molar-refractivity contribution in [3.05, 3.63) is 0 Å². The van der Waals surface area contributed by atoms with Gasteiger partial charge in [-0.3, -0.25) is 0 Å². The van der Waals surface area contributed by atoms with E-state index in [1.165, 1.54) is 44.5 Å². The van der Waals surface area contributed by atoms with E-state index in [4.69, 9.17) is 0 Å². The number of rotatable bonds is 10. The van der Waals surface area contributed by atoms with Crippen LogP contribution < -0.4 is 5.32 Å². The molecule has 0 aromatic rings. The zero-order chi connectivity index (χ0) is 11.5.